The van der Waals surface area contributed by atoms with Crippen molar-refractivity contribution in [2.75, 3.05) is 10.8 Å². The van der Waals surface area contributed by atoms with Crippen LogP contribution in [-0.4, -0.2) is 20.9 Å². The molecule has 0 saturated heterocycles. The van der Waals surface area contributed by atoms with Crippen molar-refractivity contribution < 1.29 is 22.0 Å². The third-order valence-electron chi connectivity index (χ3n) is 3.03. The normalized spacial score (nSPS) is 11.2. The Labute approximate surface area is 132 Å². The summed E-state index contributed by atoms with van der Waals surface area (Å²) >= 11 is 0. The van der Waals surface area contributed by atoms with Crippen LogP contribution in [0.15, 0.2) is 53.4 Å². The molecule has 0 saturated carbocycles. The highest BCUT2D eigenvalue weighted by atomic mass is 32.2. The Morgan fingerprint density at radius 3 is 2.13 bits per heavy atom. The molecule has 0 spiro atoms. The number of anilines is 1. The molecule has 2 aromatic carbocycles. The average molecular weight is 340 g/mol. The maximum atomic E-state index is 13.3. The zero-order valence-corrected chi connectivity index (χ0v) is 12.8. The summed E-state index contributed by atoms with van der Waals surface area (Å²) in [6, 6.07) is 9.93. The SMILES string of the molecule is NC(=O)CCN(c1ccccc1)S(=O)(=O)c1cc(F)cc(F)c1. The van der Waals surface area contributed by atoms with Crippen molar-refractivity contribution >= 4 is 21.6 Å². The summed E-state index contributed by atoms with van der Waals surface area (Å²) in [5, 5.41) is 0. The number of nitrogens with two attached hydrogens (primary N) is 1. The van der Waals surface area contributed by atoms with Crippen LogP contribution < -0.4 is 10.0 Å². The maximum Gasteiger partial charge on any atom is 0.264 e. The molecule has 0 aliphatic carbocycles. The molecule has 0 unspecified atom stereocenters. The van der Waals surface area contributed by atoms with Crippen molar-refractivity contribution in [3.8, 4) is 0 Å². The molecule has 8 heteroatoms. The van der Waals surface area contributed by atoms with E-state index in [1.165, 1.54) is 12.1 Å². The zero-order valence-electron chi connectivity index (χ0n) is 11.9. The number of halogens is 2. The summed E-state index contributed by atoms with van der Waals surface area (Å²) in [7, 11) is -4.25. The van der Waals surface area contributed by atoms with Crippen LogP contribution in [0.3, 0.4) is 0 Å². The highest BCUT2D eigenvalue weighted by Crippen LogP contribution is 2.24. The Hall–Kier alpha value is -2.48. The Balaban J connectivity index is 2.50. The second kappa shape index (κ2) is 6.74. The lowest BCUT2D eigenvalue weighted by molar-refractivity contribution is -0.117. The van der Waals surface area contributed by atoms with Gasteiger partial charge in [0.05, 0.1) is 10.6 Å². The highest BCUT2D eigenvalue weighted by Gasteiger charge is 2.26. The van der Waals surface area contributed by atoms with Gasteiger partial charge in [0.25, 0.3) is 10.0 Å². The molecule has 0 bridgehead atoms. The lowest BCUT2D eigenvalue weighted by atomic mass is 10.3. The van der Waals surface area contributed by atoms with Gasteiger partial charge in [-0.3, -0.25) is 9.10 Å². The Morgan fingerprint density at radius 1 is 1.04 bits per heavy atom. The van der Waals surface area contributed by atoms with Crippen molar-refractivity contribution in [3.05, 3.63) is 60.2 Å². The molecule has 2 rings (SSSR count). The van der Waals surface area contributed by atoms with Gasteiger partial charge in [-0.2, -0.15) is 0 Å². The van der Waals surface area contributed by atoms with Gasteiger partial charge in [-0.05, 0) is 24.3 Å². The number of nitrogens with zero attached hydrogens (tertiary/aromatic N) is 1. The van der Waals surface area contributed by atoms with Gasteiger partial charge in [0.2, 0.25) is 5.91 Å². The number of benzene rings is 2. The first kappa shape index (κ1) is 16.9. The predicted octanol–water partition coefficient (Wildman–Crippen LogP) is 2.04. The van der Waals surface area contributed by atoms with Crippen LogP contribution >= 0.6 is 0 Å². The second-order valence-electron chi connectivity index (χ2n) is 4.73. The van der Waals surface area contributed by atoms with Gasteiger partial charge in [-0.15, -0.1) is 0 Å². The van der Waals surface area contributed by atoms with Crippen LogP contribution in [0, 0.1) is 11.6 Å². The topological polar surface area (TPSA) is 80.5 Å². The van der Waals surface area contributed by atoms with Crippen LogP contribution in [0.4, 0.5) is 14.5 Å². The van der Waals surface area contributed by atoms with Crippen LogP contribution in [0.1, 0.15) is 6.42 Å². The van der Waals surface area contributed by atoms with Gasteiger partial charge in [-0.1, -0.05) is 18.2 Å². The van der Waals surface area contributed by atoms with Gasteiger partial charge < -0.3 is 5.73 Å². The second-order valence-corrected chi connectivity index (χ2v) is 6.60. The molecule has 23 heavy (non-hydrogen) atoms. The number of para-hydroxylation sites is 1. The van der Waals surface area contributed by atoms with E-state index in [0.29, 0.717) is 6.07 Å². The highest BCUT2D eigenvalue weighted by molar-refractivity contribution is 7.92. The number of primary amides is 1. The third-order valence-corrected chi connectivity index (χ3v) is 4.83. The van der Waals surface area contributed by atoms with E-state index >= 15 is 0 Å². The van der Waals surface area contributed by atoms with E-state index < -0.39 is 32.5 Å². The summed E-state index contributed by atoms with van der Waals surface area (Å²) in [4.78, 5) is 10.4. The first-order valence-electron chi connectivity index (χ1n) is 6.63. The van der Waals surface area contributed by atoms with E-state index in [9.17, 15) is 22.0 Å². The molecule has 0 aromatic heterocycles. The Morgan fingerprint density at radius 2 is 1.61 bits per heavy atom. The third kappa shape index (κ3) is 4.04. The molecule has 122 valence electrons. The van der Waals surface area contributed by atoms with E-state index in [2.05, 4.69) is 0 Å². The molecule has 0 heterocycles. The molecule has 1 amide bonds. The van der Waals surface area contributed by atoms with Gasteiger partial charge in [0.15, 0.2) is 0 Å². The molecule has 0 atom stereocenters. The van der Waals surface area contributed by atoms with Crippen molar-refractivity contribution in [2.45, 2.75) is 11.3 Å². The molecule has 0 aliphatic heterocycles. The molecule has 0 aliphatic rings. The van der Waals surface area contributed by atoms with E-state index in [0.717, 1.165) is 16.4 Å². The molecule has 5 nitrogen and oxygen atoms in total. The van der Waals surface area contributed by atoms with Crippen molar-refractivity contribution in [1.82, 2.24) is 0 Å². The Kier molecular flexibility index (Phi) is 4.95. The minimum Gasteiger partial charge on any atom is -0.370 e. The summed E-state index contributed by atoms with van der Waals surface area (Å²) < 4.78 is 53.0. The standard InChI is InChI=1S/C15H14F2N2O3S/c16-11-8-12(17)10-14(9-11)23(21,22)19(7-6-15(18)20)13-4-2-1-3-5-13/h1-5,8-10H,6-7H2,(H2,18,20). The molecule has 0 fully saturated rings. The number of amides is 1. The number of carbonyl (C=O) groups is 1. The molecule has 2 aromatic rings. The first-order chi connectivity index (χ1) is 10.8. The number of sulfonamides is 1. The maximum absolute atomic E-state index is 13.3. The lowest BCUT2D eigenvalue weighted by Gasteiger charge is -2.24. The van der Waals surface area contributed by atoms with Crippen molar-refractivity contribution in [1.29, 1.82) is 0 Å². The van der Waals surface area contributed by atoms with Gasteiger partial charge >= 0.3 is 0 Å². The summed E-state index contributed by atoms with van der Waals surface area (Å²) in [6.07, 6.45) is -0.230. The summed E-state index contributed by atoms with van der Waals surface area (Å²) in [6.45, 7) is -0.236. The number of hydrogen-bond acceptors (Lipinski definition) is 3. The minimum atomic E-state index is -4.25. The summed E-state index contributed by atoms with van der Waals surface area (Å²) in [5.74, 6) is -2.70. The predicted molar refractivity (Wildman–Crippen MR) is 81.1 cm³/mol. The fourth-order valence-corrected chi connectivity index (χ4v) is 3.51. The number of rotatable bonds is 6. The van der Waals surface area contributed by atoms with E-state index in [4.69, 9.17) is 5.73 Å². The largest absolute Gasteiger partial charge is 0.370 e. The number of hydrogen-bond donors (Lipinski definition) is 1. The number of carbonyl (C=O) groups excluding carboxylic acids is 1. The van der Waals surface area contributed by atoms with E-state index in [1.54, 1.807) is 18.2 Å². The molecule has 2 N–H and O–H groups in total. The monoisotopic (exact) mass is 340 g/mol. The molecular weight excluding hydrogens is 326 g/mol. The fraction of sp³-hybridized carbons (Fsp3) is 0.133. The van der Waals surface area contributed by atoms with Crippen molar-refractivity contribution in [3.63, 3.8) is 0 Å². The average Bonchev–Trinajstić information content (AvgIpc) is 2.47. The smallest absolute Gasteiger partial charge is 0.264 e. The van der Waals surface area contributed by atoms with Gasteiger partial charge in [0.1, 0.15) is 11.6 Å². The molecule has 0 radical (unpaired) electrons. The lowest BCUT2D eigenvalue weighted by Crippen LogP contribution is -2.34. The van der Waals surface area contributed by atoms with E-state index in [1.807, 2.05) is 0 Å². The first-order valence-corrected chi connectivity index (χ1v) is 8.07. The summed E-state index contributed by atoms with van der Waals surface area (Å²) in [5.41, 5.74) is 5.33. The quantitative estimate of drug-likeness (QED) is 0.874. The van der Waals surface area contributed by atoms with Crippen LogP contribution in [0.5, 0.6) is 0 Å². The van der Waals surface area contributed by atoms with Crippen LogP contribution in [0.2, 0.25) is 0 Å². The minimum absolute atomic E-state index is 0.230. The fourth-order valence-electron chi connectivity index (χ4n) is 2.00. The van der Waals surface area contributed by atoms with Crippen LogP contribution in [-0.2, 0) is 14.8 Å². The van der Waals surface area contributed by atoms with Crippen LogP contribution in [0.25, 0.3) is 0 Å². The van der Waals surface area contributed by atoms with E-state index in [-0.39, 0.29) is 18.7 Å². The van der Waals surface area contributed by atoms with Gasteiger partial charge in [-0.25, -0.2) is 17.2 Å². The Bertz CT molecular complexity index is 790. The molecular formula is C15H14F2N2O3S. The van der Waals surface area contributed by atoms with Crippen molar-refractivity contribution in [2.24, 2.45) is 5.73 Å². The van der Waals surface area contributed by atoms with Gasteiger partial charge in [0, 0.05) is 19.0 Å². The zero-order chi connectivity index (χ0) is 17.0.